The fourth-order valence-corrected chi connectivity index (χ4v) is 2.58. The lowest BCUT2D eigenvalue weighted by Gasteiger charge is -2.27. The molecule has 0 spiro atoms. The zero-order valence-corrected chi connectivity index (χ0v) is 13.7. The van der Waals surface area contributed by atoms with E-state index in [0.717, 1.165) is 12.0 Å². The molecule has 22 heavy (non-hydrogen) atoms. The highest BCUT2D eigenvalue weighted by Crippen LogP contribution is 2.29. The fourth-order valence-electron chi connectivity index (χ4n) is 2.58. The first kappa shape index (κ1) is 16.3. The lowest BCUT2D eigenvalue weighted by molar-refractivity contribution is -0.121. The molecular weight excluding hydrogens is 270 g/mol. The quantitative estimate of drug-likeness (QED) is 0.863. The Morgan fingerprint density at radius 1 is 0.955 bits per heavy atom. The summed E-state index contributed by atoms with van der Waals surface area (Å²) < 4.78 is 0. The van der Waals surface area contributed by atoms with Crippen LogP contribution in [-0.4, -0.2) is 5.91 Å². The van der Waals surface area contributed by atoms with Crippen molar-refractivity contribution >= 4 is 5.91 Å². The van der Waals surface area contributed by atoms with Crippen LogP contribution in [0.4, 0.5) is 0 Å². The largest absolute Gasteiger partial charge is 0.349 e. The van der Waals surface area contributed by atoms with Crippen molar-refractivity contribution in [2.45, 2.75) is 39.7 Å². The van der Waals surface area contributed by atoms with E-state index in [-0.39, 0.29) is 17.4 Å². The number of carbonyl (C=O) groups excluding carboxylic acids is 1. The average molecular weight is 295 g/mol. The minimum atomic E-state index is 0.0532. The van der Waals surface area contributed by atoms with Gasteiger partial charge in [0.2, 0.25) is 5.91 Å². The highest BCUT2D eigenvalue weighted by molar-refractivity contribution is 5.79. The van der Waals surface area contributed by atoms with Crippen molar-refractivity contribution in [3.05, 3.63) is 71.8 Å². The third kappa shape index (κ3) is 5.36. The van der Waals surface area contributed by atoms with Crippen LogP contribution in [0.3, 0.4) is 0 Å². The summed E-state index contributed by atoms with van der Waals surface area (Å²) in [5.74, 6) is 0.0734. The maximum absolute atomic E-state index is 12.4. The molecule has 2 aromatic carbocycles. The second kappa shape index (κ2) is 7.26. The number of hydrogen-bond donors (Lipinski definition) is 1. The van der Waals surface area contributed by atoms with Gasteiger partial charge in [-0.1, -0.05) is 81.4 Å². The summed E-state index contributed by atoms with van der Waals surface area (Å²) in [5.41, 5.74) is 2.36. The van der Waals surface area contributed by atoms with Gasteiger partial charge in [-0.25, -0.2) is 0 Å². The van der Waals surface area contributed by atoms with Gasteiger partial charge in [0.1, 0.15) is 0 Å². The standard InChI is InChI=1S/C20H25NO/c1-20(2,3)15-18(17-12-8-5-9-13-17)21-19(22)14-16-10-6-4-7-11-16/h4-13,18H,14-15H2,1-3H3,(H,21,22). The molecule has 0 aliphatic heterocycles. The molecule has 1 amide bonds. The number of nitrogens with one attached hydrogen (secondary N) is 1. The minimum Gasteiger partial charge on any atom is -0.349 e. The molecule has 0 fully saturated rings. The Labute approximate surface area is 133 Å². The number of hydrogen-bond acceptors (Lipinski definition) is 1. The molecule has 2 heteroatoms. The van der Waals surface area contributed by atoms with Gasteiger partial charge >= 0.3 is 0 Å². The Hall–Kier alpha value is -2.09. The van der Waals surface area contributed by atoms with Crippen molar-refractivity contribution < 1.29 is 4.79 Å². The monoisotopic (exact) mass is 295 g/mol. The lowest BCUT2D eigenvalue weighted by atomic mass is 9.85. The predicted molar refractivity (Wildman–Crippen MR) is 91.5 cm³/mol. The third-order valence-electron chi connectivity index (χ3n) is 3.56. The second-order valence-corrected chi connectivity index (χ2v) is 6.96. The van der Waals surface area contributed by atoms with E-state index in [4.69, 9.17) is 0 Å². The van der Waals surface area contributed by atoms with Crippen LogP contribution >= 0.6 is 0 Å². The van der Waals surface area contributed by atoms with Crippen LogP contribution in [0.5, 0.6) is 0 Å². The van der Waals surface area contributed by atoms with Gasteiger partial charge in [0.25, 0.3) is 0 Å². The Morgan fingerprint density at radius 3 is 2.05 bits per heavy atom. The summed E-state index contributed by atoms with van der Waals surface area (Å²) in [6, 6.07) is 20.1. The number of carbonyl (C=O) groups is 1. The van der Waals surface area contributed by atoms with Gasteiger partial charge in [-0.2, -0.15) is 0 Å². The SMILES string of the molecule is CC(C)(C)CC(NC(=O)Cc1ccccc1)c1ccccc1. The molecule has 1 unspecified atom stereocenters. The van der Waals surface area contributed by atoms with Crippen LogP contribution in [0.25, 0.3) is 0 Å². The molecule has 2 aromatic rings. The first-order valence-electron chi connectivity index (χ1n) is 7.82. The summed E-state index contributed by atoms with van der Waals surface area (Å²) in [4.78, 5) is 12.4. The van der Waals surface area contributed by atoms with Crippen molar-refractivity contribution in [1.82, 2.24) is 5.32 Å². The Balaban J connectivity index is 2.07. The molecule has 0 heterocycles. The van der Waals surface area contributed by atoms with Gasteiger partial charge < -0.3 is 5.32 Å². The van der Waals surface area contributed by atoms with E-state index >= 15 is 0 Å². The first-order valence-corrected chi connectivity index (χ1v) is 7.82. The zero-order chi connectivity index (χ0) is 16.0. The molecule has 2 nitrogen and oxygen atoms in total. The van der Waals surface area contributed by atoms with Gasteiger partial charge in [0.05, 0.1) is 12.5 Å². The van der Waals surface area contributed by atoms with Crippen molar-refractivity contribution in [1.29, 1.82) is 0 Å². The topological polar surface area (TPSA) is 29.1 Å². The van der Waals surface area contributed by atoms with E-state index < -0.39 is 0 Å². The number of rotatable bonds is 5. The maximum atomic E-state index is 12.4. The molecule has 1 N–H and O–H groups in total. The van der Waals surface area contributed by atoms with Crippen molar-refractivity contribution in [2.75, 3.05) is 0 Å². The maximum Gasteiger partial charge on any atom is 0.224 e. The molecular formula is C20H25NO. The molecule has 0 saturated carbocycles. The smallest absolute Gasteiger partial charge is 0.224 e. The highest BCUT2D eigenvalue weighted by Gasteiger charge is 2.21. The molecule has 0 aliphatic rings. The lowest BCUT2D eigenvalue weighted by Crippen LogP contribution is -2.32. The zero-order valence-electron chi connectivity index (χ0n) is 13.7. The molecule has 0 aromatic heterocycles. The Morgan fingerprint density at radius 2 is 1.50 bits per heavy atom. The van der Waals surface area contributed by atoms with Crippen LogP contribution in [0, 0.1) is 5.41 Å². The van der Waals surface area contributed by atoms with E-state index in [2.05, 4.69) is 38.2 Å². The summed E-state index contributed by atoms with van der Waals surface area (Å²) in [5, 5.41) is 3.20. The molecule has 2 rings (SSSR count). The van der Waals surface area contributed by atoms with Gasteiger partial charge in [-0.3, -0.25) is 4.79 Å². The number of amides is 1. The second-order valence-electron chi connectivity index (χ2n) is 6.96. The molecule has 1 atom stereocenters. The summed E-state index contributed by atoms with van der Waals surface area (Å²) in [7, 11) is 0. The third-order valence-corrected chi connectivity index (χ3v) is 3.56. The van der Waals surface area contributed by atoms with Crippen molar-refractivity contribution in [3.63, 3.8) is 0 Å². The van der Waals surface area contributed by atoms with Gasteiger partial charge in [0, 0.05) is 0 Å². The molecule has 116 valence electrons. The number of benzene rings is 2. The molecule has 0 saturated heterocycles. The van der Waals surface area contributed by atoms with Gasteiger partial charge in [0.15, 0.2) is 0 Å². The summed E-state index contributed by atoms with van der Waals surface area (Å²) in [6.07, 6.45) is 1.34. The summed E-state index contributed by atoms with van der Waals surface area (Å²) >= 11 is 0. The van der Waals surface area contributed by atoms with Crippen LogP contribution in [0.2, 0.25) is 0 Å². The summed E-state index contributed by atoms with van der Waals surface area (Å²) in [6.45, 7) is 6.60. The van der Waals surface area contributed by atoms with Gasteiger partial charge in [-0.15, -0.1) is 0 Å². The van der Waals surface area contributed by atoms with Crippen LogP contribution < -0.4 is 5.32 Å². The van der Waals surface area contributed by atoms with Gasteiger partial charge in [-0.05, 0) is 23.0 Å². The van der Waals surface area contributed by atoms with Crippen LogP contribution in [0.15, 0.2) is 60.7 Å². The van der Waals surface area contributed by atoms with Crippen molar-refractivity contribution in [2.24, 2.45) is 5.41 Å². The fraction of sp³-hybridized carbons (Fsp3) is 0.350. The molecule has 0 radical (unpaired) electrons. The van der Waals surface area contributed by atoms with Crippen LogP contribution in [0.1, 0.15) is 44.4 Å². The molecule has 0 aliphatic carbocycles. The van der Waals surface area contributed by atoms with E-state index in [0.29, 0.717) is 6.42 Å². The minimum absolute atomic E-state index is 0.0532. The first-order chi connectivity index (χ1) is 10.4. The Bertz CT molecular complexity index is 584. The van der Waals surface area contributed by atoms with Crippen molar-refractivity contribution in [3.8, 4) is 0 Å². The molecule has 0 bridgehead atoms. The van der Waals surface area contributed by atoms with E-state index in [1.165, 1.54) is 5.56 Å². The van der Waals surface area contributed by atoms with Crippen LogP contribution in [-0.2, 0) is 11.2 Å². The normalized spacial score (nSPS) is 12.7. The average Bonchev–Trinajstić information content (AvgIpc) is 2.47. The van der Waals surface area contributed by atoms with E-state index in [9.17, 15) is 4.79 Å². The van der Waals surface area contributed by atoms with E-state index in [1.54, 1.807) is 0 Å². The predicted octanol–water partition coefficient (Wildman–Crippen LogP) is 4.52. The van der Waals surface area contributed by atoms with E-state index in [1.807, 2.05) is 48.5 Å². The highest BCUT2D eigenvalue weighted by atomic mass is 16.1. The Kier molecular flexibility index (Phi) is 5.37.